The van der Waals surface area contributed by atoms with Gasteiger partial charge in [-0.1, -0.05) is 37.3 Å². The van der Waals surface area contributed by atoms with Crippen molar-refractivity contribution in [3.05, 3.63) is 59.7 Å². The van der Waals surface area contributed by atoms with Crippen molar-refractivity contribution in [2.75, 3.05) is 13.7 Å². The van der Waals surface area contributed by atoms with Gasteiger partial charge >= 0.3 is 5.97 Å². The molecule has 0 saturated carbocycles. The van der Waals surface area contributed by atoms with E-state index in [0.29, 0.717) is 12.3 Å². The van der Waals surface area contributed by atoms with E-state index in [-0.39, 0.29) is 23.1 Å². The highest BCUT2D eigenvalue weighted by Gasteiger charge is 2.22. The average molecular weight is 371 g/mol. The molecule has 2 N–H and O–H groups in total. The Morgan fingerprint density at radius 3 is 2.44 bits per heavy atom. The summed E-state index contributed by atoms with van der Waals surface area (Å²) in [6.07, 6.45) is -0.106. The Bertz CT molecular complexity index is 775. The fourth-order valence-electron chi connectivity index (χ4n) is 2.68. The van der Waals surface area contributed by atoms with Crippen LogP contribution >= 0.6 is 0 Å². The summed E-state index contributed by atoms with van der Waals surface area (Å²) in [4.78, 5) is 24.5. The summed E-state index contributed by atoms with van der Waals surface area (Å²) in [5, 5.41) is 12.7. The third kappa shape index (κ3) is 5.48. The largest absolute Gasteiger partial charge is 0.507 e. The van der Waals surface area contributed by atoms with Crippen LogP contribution in [0, 0.1) is 0 Å². The molecule has 0 aliphatic heterocycles. The van der Waals surface area contributed by atoms with E-state index in [2.05, 4.69) is 12.2 Å². The molecule has 0 radical (unpaired) electrons. The lowest BCUT2D eigenvalue weighted by Gasteiger charge is -2.18. The molecule has 6 nitrogen and oxygen atoms in total. The summed E-state index contributed by atoms with van der Waals surface area (Å²) in [7, 11) is 1.46. The topological polar surface area (TPSA) is 84.9 Å². The summed E-state index contributed by atoms with van der Waals surface area (Å²) in [6.45, 7) is 4.01. The molecule has 0 aliphatic rings. The third-order valence-corrected chi connectivity index (χ3v) is 4.36. The first kappa shape index (κ1) is 20.3. The number of esters is 1. The number of carbonyl (C=O) groups excluding carboxylic acids is 2. The van der Waals surface area contributed by atoms with Crippen LogP contribution in [0.15, 0.2) is 48.5 Å². The van der Waals surface area contributed by atoms with Crippen LogP contribution in [-0.4, -0.2) is 36.7 Å². The van der Waals surface area contributed by atoms with E-state index in [1.807, 2.05) is 30.3 Å². The van der Waals surface area contributed by atoms with Gasteiger partial charge in [0.2, 0.25) is 0 Å². The van der Waals surface area contributed by atoms with Crippen LogP contribution in [0.1, 0.15) is 42.1 Å². The van der Waals surface area contributed by atoms with Gasteiger partial charge in [0.1, 0.15) is 17.1 Å². The maximum Gasteiger partial charge on any atom is 0.342 e. The number of methoxy groups -OCH3 is 1. The van der Waals surface area contributed by atoms with Gasteiger partial charge in [0.25, 0.3) is 5.91 Å². The number of aromatic hydroxyl groups is 1. The van der Waals surface area contributed by atoms with Crippen molar-refractivity contribution in [1.82, 2.24) is 5.32 Å². The first-order chi connectivity index (χ1) is 13.0. The Morgan fingerprint density at radius 2 is 1.85 bits per heavy atom. The normalized spacial score (nSPS) is 12.7. The molecule has 1 amide bonds. The molecule has 0 saturated heterocycles. The standard InChI is InChI=1S/C21H25NO5/c1-4-15(16-8-6-5-7-9-16)13-22-20(24)14(2)27-21(25)18-11-10-17(26-3)12-19(18)23/h5-12,14-15,23H,4,13H2,1-3H3,(H,22,24)/t14-,15-/m0/s1. The van der Waals surface area contributed by atoms with Gasteiger partial charge in [-0.2, -0.15) is 0 Å². The molecule has 2 rings (SSSR count). The number of hydrogen-bond donors (Lipinski definition) is 2. The Kier molecular flexibility index (Phi) is 7.23. The molecule has 6 heteroatoms. The van der Waals surface area contributed by atoms with Gasteiger partial charge in [-0.05, 0) is 31.0 Å². The van der Waals surface area contributed by atoms with E-state index in [1.165, 1.54) is 32.2 Å². The number of benzene rings is 2. The molecule has 0 fully saturated rings. The smallest absolute Gasteiger partial charge is 0.342 e. The minimum absolute atomic E-state index is 0.0221. The summed E-state index contributed by atoms with van der Waals surface area (Å²) < 4.78 is 10.1. The summed E-state index contributed by atoms with van der Waals surface area (Å²) >= 11 is 0. The molecule has 0 bridgehead atoms. The van der Waals surface area contributed by atoms with Gasteiger partial charge in [-0.15, -0.1) is 0 Å². The van der Waals surface area contributed by atoms with Crippen molar-refractivity contribution in [2.24, 2.45) is 0 Å². The van der Waals surface area contributed by atoms with Crippen molar-refractivity contribution < 1.29 is 24.2 Å². The Balaban J connectivity index is 1.92. The molecule has 144 valence electrons. The van der Waals surface area contributed by atoms with Crippen LogP contribution in [0.3, 0.4) is 0 Å². The summed E-state index contributed by atoms with van der Waals surface area (Å²) in [6, 6.07) is 14.2. The van der Waals surface area contributed by atoms with E-state index in [9.17, 15) is 14.7 Å². The highest BCUT2D eigenvalue weighted by Crippen LogP contribution is 2.24. The second-order valence-corrected chi connectivity index (χ2v) is 6.19. The Labute approximate surface area is 159 Å². The van der Waals surface area contributed by atoms with E-state index in [1.54, 1.807) is 0 Å². The number of ether oxygens (including phenoxy) is 2. The lowest BCUT2D eigenvalue weighted by molar-refractivity contribution is -0.129. The van der Waals surface area contributed by atoms with Crippen LogP contribution in [0.2, 0.25) is 0 Å². The minimum Gasteiger partial charge on any atom is -0.507 e. The highest BCUT2D eigenvalue weighted by molar-refractivity contribution is 5.94. The van der Waals surface area contributed by atoms with Crippen molar-refractivity contribution in [2.45, 2.75) is 32.3 Å². The number of nitrogens with one attached hydrogen (secondary N) is 1. The number of rotatable bonds is 8. The van der Waals surface area contributed by atoms with E-state index in [4.69, 9.17) is 9.47 Å². The second-order valence-electron chi connectivity index (χ2n) is 6.19. The van der Waals surface area contributed by atoms with Crippen molar-refractivity contribution in [1.29, 1.82) is 0 Å². The zero-order valence-corrected chi connectivity index (χ0v) is 15.8. The van der Waals surface area contributed by atoms with Crippen LogP contribution in [-0.2, 0) is 9.53 Å². The van der Waals surface area contributed by atoms with Gasteiger partial charge < -0.3 is 19.9 Å². The number of phenolic OH excluding ortho intramolecular Hbond substituents is 1. The van der Waals surface area contributed by atoms with Crippen LogP contribution < -0.4 is 10.1 Å². The third-order valence-electron chi connectivity index (χ3n) is 4.36. The molecule has 0 heterocycles. The predicted octanol–water partition coefficient (Wildman–Crippen LogP) is 3.26. The van der Waals surface area contributed by atoms with Crippen molar-refractivity contribution >= 4 is 11.9 Å². The average Bonchev–Trinajstić information content (AvgIpc) is 2.68. The lowest BCUT2D eigenvalue weighted by atomic mass is 9.96. The van der Waals surface area contributed by atoms with Crippen LogP contribution in [0.25, 0.3) is 0 Å². The van der Waals surface area contributed by atoms with Crippen molar-refractivity contribution in [3.63, 3.8) is 0 Å². The van der Waals surface area contributed by atoms with E-state index >= 15 is 0 Å². The van der Waals surface area contributed by atoms with E-state index in [0.717, 1.165) is 12.0 Å². The maximum absolute atomic E-state index is 12.3. The minimum atomic E-state index is -0.979. The summed E-state index contributed by atoms with van der Waals surface area (Å²) in [5.74, 6) is -0.814. The molecule has 2 aromatic rings. The molecule has 0 unspecified atom stereocenters. The number of carbonyl (C=O) groups is 2. The molecular weight excluding hydrogens is 346 g/mol. The second kappa shape index (κ2) is 9.62. The number of hydrogen-bond acceptors (Lipinski definition) is 5. The van der Waals surface area contributed by atoms with Gasteiger partial charge in [-0.3, -0.25) is 4.79 Å². The SMILES string of the molecule is CC[C@@H](CNC(=O)[C@H](C)OC(=O)c1ccc(OC)cc1O)c1ccccc1. The van der Waals surface area contributed by atoms with Crippen LogP contribution in [0.5, 0.6) is 11.5 Å². The predicted molar refractivity (Wildman–Crippen MR) is 102 cm³/mol. The van der Waals surface area contributed by atoms with Crippen LogP contribution in [0.4, 0.5) is 0 Å². The lowest BCUT2D eigenvalue weighted by Crippen LogP contribution is -2.38. The first-order valence-electron chi connectivity index (χ1n) is 8.86. The first-order valence-corrected chi connectivity index (χ1v) is 8.86. The zero-order valence-electron chi connectivity index (χ0n) is 15.8. The Hall–Kier alpha value is -3.02. The molecule has 2 aromatic carbocycles. The monoisotopic (exact) mass is 371 g/mol. The quantitative estimate of drug-likeness (QED) is 0.696. The fourth-order valence-corrected chi connectivity index (χ4v) is 2.68. The molecular formula is C21H25NO5. The van der Waals surface area contributed by atoms with Gasteiger partial charge in [0.15, 0.2) is 6.10 Å². The van der Waals surface area contributed by atoms with Crippen molar-refractivity contribution in [3.8, 4) is 11.5 Å². The Morgan fingerprint density at radius 1 is 1.15 bits per heavy atom. The molecule has 0 spiro atoms. The highest BCUT2D eigenvalue weighted by atomic mass is 16.5. The zero-order chi connectivity index (χ0) is 19.8. The van der Waals surface area contributed by atoms with Gasteiger partial charge in [-0.25, -0.2) is 4.79 Å². The molecule has 0 aromatic heterocycles. The summed E-state index contributed by atoms with van der Waals surface area (Å²) in [5.41, 5.74) is 1.12. The molecule has 0 aliphatic carbocycles. The van der Waals surface area contributed by atoms with E-state index < -0.39 is 12.1 Å². The van der Waals surface area contributed by atoms with Gasteiger partial charge in [0.05, 0.1) is 7.11 Å². The number of amides is 1. The van der Waals surface area contributed by atoms with Gasteiger partial charge in [0, 0.05) is 18.5 Å². The number of phenols is 1. The maximum atomic E-state index is 12.3. The molecule has 2 atom stereocenters. The fraction of sp³-hybridized carbons (Fsp3) is 0.333. The molecule has 27 heavy (non-hydrogen) atoms.